The molecule has 0 aliphatic rings. The molecule has 0 bridgehead atoms. The topological polar surface area (TPSA) is 55.0 Å². The molecule has 0 amide bonds. The van der Waals surface area contributed by atoms with E-state index in [0.717, 1.165) is 11.1 Å². The third kappa shape index (κ3) is 4.78. The summed E-state index contributed by atoms with van der Waals surface area (Å²) in [6.07, 6.45) is 3.40. The third-order valence-electron chi connectivity index (χ3n) is 4.89. The summed E-state index contributed by atoms with van der Waals surface area (Å²) < 4.78 is 19.6. The van der Waals surface area contributed by atoms with Gasteiger partial charge in [-0.3, -0.25) is 4.79 Å². The highest BCUT2D eigenvalue weighted by atomic mass is 19.1. The Hall–Kier alpha value is -3.99. The van der Waals surface area contributed by atoms with Crippen molar-refractivity contribution >= 4 is 12.2 Å². The van der Waals surface area contributed by atoms with Gasteiger partial charge in [-0.15, -0.1) is 0 Å². The van der Waals surface area contributed by atoms with Gasteiger partial charge >= 0.3 is 0 Å². The molecule has 4 rings (SSSR count). The van der Waals surface area contributed by atoms with E-state index in [1.165, 1.54) is 12.1 Å². The number of hydrogen-bond donors (Lipinski definition) is 1. The van der Waals surface area contributed by atoms with Crippen molar-refractivity contribution in [2.45, 2.75) is 13.5 Å². The number of ether oxygens (including phenoxy) is 1. The van der Waals surface area contributed by atoms with E-state index in [0.29, 0.717) is 34.7 Å². The number of H-pyrrole nitrogens is 1. The van der Waals surface area contributed by atoms with E-state index in [9.17, 15) is 9.18 Å². The zero-order valence-electron chi connectivity index (χ0n) is 17.0. The number of nitrogens with zero attached hydrogens (tertiary/aromatic N) is 1. The van der Waals surface area contributed by atoms with Crippen LogP contribution < -0.4 is 10.3 Å². The summed E-state index contributed by atoms with van der Waals surface area (Å²) >= 11 is 0. The Labute approximate surface area is 179 Å². The van der Waals surface area contributed by atoms with E-state index in [2.05, 4.69) is 10.2 Å². The van der Waals surface area contributed by atoms with Gasteiger partial charge in [0.05, 0.1) is 11.3 Å². The highest BCUT2D eigenvalue weighted by Crippen LogP contribution is 2.34. The first-order valence-electron chi connectivity index (χ1n) is 9.91. The summed E-state index contributed by atoms with van der Waals surface area (Å²) in [5, 5.41) is 6.69. The normalized spacial score (nSPS) is 11.0. The quantitative estimate of drug-likeness (QED) is 0.446. The largest absolute Gasteiger partial charge is 0.488 e. The maximum Gasteiger partial charge on any atom is 0.272 e. The molecule has 1 N–H and O–H groups in total. The monoisotopic (exact) mass is 412 g/mol. The van der Waals surface area contributed by atoms with Gasteiger partial charge in [0.15, 0.2) is 0 Å². The molecule has 0 aliphatic carbocycles. The van der Waals surface area contributed by atoms with Crippen molar-refractivity contribution in [3.05, 3.63) is 117 Å². The lowest BCUT2D eigenvalue weighted by Gasteiger charge is -2.14. The molecule has 0 saturated heterocycles. The van der Waals surface area contributed by atoms with Crippen molar-refractivity contribution in [3.63, 3.8) is 0 Å². The number of aromatic nitrogens is 2. The molecule has 1 aromatic heterocycles. The summed E-state index contributed by atoms with van der Waals surface area (Å²) in [5.74, 6) is 0.323. The van der Waals surface area contributed by atoms with Crippen molar-refractivity contribution in [1.29, 1.82) is 0 Å². The van der Waals surface area contributed by atoms with Crippen LogP contribution in [-0.2, 0) is 6.61 Å². The first kappa shape index (κ1) is 20.3. The molecule has 0 atom stereocenters. The van der Waals surface area contributed by atoms with E-state index in [1.54, 1.807) is 24.3 Å². The van der Waals surface area contributed by atoms with Gasteiger partial charge in [0, 0.05) is 11.1 Å². The van der Waals surface area contributed by atoms with Gasteiger partial charge in [0.2, 0.25) is 0 Å². The minimum atomic E-state index is -0.332. The predicted molar refractivity (Wildman–Crippen MR) is 121 cm³/mol. The number of hydrogen-bond acceptors (Lipinski definition) is 3. The first-order valence-corrected chi connectivity index (χ1v) is 9.91. The highest BCUT2D eigenvalue weighted by molar-refractivity contribution is 5.84. The van der Waals surface area contributed by atoms with Crippen molar-refractivity contribution < 1.29 is 9.13 Å². The molecular weight excluding hydrogens is 391 g/mol. The van der Waals surface area contributed by atoms with Gasteiger partial charge in [0.1, 0.15) is 18.2 Å². The maximum absolute atomic E-state index is 13.5. The Bertz CT molecular complexity index is 1280. The Morgan fingerprint density at radius 1 is 0.968 bits per heavy atom. The van der Waals surface area contributed by atoms with Crippen LogP contribution >= 0.6 is 0 Å². The maximum atomic E-state index is 13.5. The highest BCUT2D eigenvalue weighted by Gasteiger charge is 2.16. The van der Waals surface area contributed by atoms with Crippen molar-refractivity contribution in [3.8, 4) is 16.9 Å². The molecule has 1 heterocycles. The average molecular weight is 412 g/mol. The molecule has 0 saturated carbocycles. The fourth-order valence-corrected chi connectivity index (χ4v) is 3.38. The summed E-state index contributed by atoms with van der Waals surface area (Å²) in [4.78, 5) is 12.7. The number of aryl methyl sites for hydroxylation is 1. The Kier molecular flexibility index (Phi) is 6.03. The van der Waals surface area contributed by atoms with Crippen LogP contribution in [0.15, 0.2) is 83.7 Å². The molecule has 31 heavy (non-hydrogen) atoms. The van der Waals surface area contributed by atoms with Gasteiger partial charge in [-0.05, 0) is 42.3 Å². The van der Waals surface area contributed by atoms with Crippen LogP contribution in [0.4, 0.5) is 4.39 Å². The lowest BCUT2D eigenvalue weighted by atomic mass is 9.98. The SMILES string of the molecule is Cc1n[nH]c(=O)c(/C=C/c2cccc(F)c2)c1-c1ccccc1OCc1ccccc1. The van der Waals surface area contributed by atoms with Crippen LogP contribution in [0.25, 0.3) is 23.3 Å². The van der Waals surface area contributed by atoms with Crippen LogP contribution in [0.3, 0.4) is 0 Å². The lowest BCUT2D eigenvalue weighted by molar-refractivity contribution is 0.307. The van der Waals surface area contributed by atoms with Crippen LogP contribution in [-0.4, -0.2) is 10.2 Å². The summed E-state index contributed by atoms with van der Waals surface area (Å²) in [5.41, 5.74) is 3.93. The zero-order valence-corrected chi connectivity index (χ0v) is 17.0. The molecule has 4 nitrogen and oxygen atoms in total. The van der Waals surface area contributed by atoms with Crippen molar-refractivity contribution in [2.75, 3.05) is 0 Å². The number of nitrogens with one attached hydrogen (secondary N) is 1. The molecule has 0 spiro atoms. The molecule has 3 aromatic carbocycles. The van der Waals surface area contributed by atoms with Crippen molar-refractivity contribution in [1.82, 2.24) is 10.2 Å². The minimum absolute atomic E-state index is 0.328. The number of aromatic amines is 1. The minimum Gasteiger partial charge on any atom is -0.488 e. The number of rotatable bonds is 6. The lowest BCUT2D eigenvalue weighted by Crippen LogP contribution is -2.15. The molecule has 0 radical (unpaired) electrons. The fourth-order valence-electron chi connectivity index (χ4n) is 3.38. The number of halogens is 1. The summed E-state index contributed by atoms with van der Waals surface area (Å²) in [6, 6.07) is 23.6. The molecule has 5 heteroatoms. The molecule has 4 aromatic rings. The molecular formula is C26H21FN2O2. The van der Waals surface area contributed by atoms with E-state index in [4.69, 9.17) is 4.74 Å². The second-order valence-corrected chi connectivity index (χ2v) is 7.09. The van der Waals surface area contributed by atoms with Crippen LogP contribution in [0.2, 0.25) is 0 Å². The molecule has 0 fully saturated rings. The second kappa shape index (κ2) is 9.22. The summed E-state index contributed by atoms with van der Waals surface area (Å²) in [6.45, 7) is 2.24. The smallest absolute Gasteiger partial charge is 0.272 e. The number of benzene rings is 3. The van der Waals surface area contributed by atoms with Gasteiger partial charge in [-0.25, -0.2) is 9.49 Å². The van der Waals surface area contributed by atoms with Crippen LogP contribution in [0.1, 0.15) is 22.4 Å². The van der Waals surface area contributed by atoms with Gasteiger partial charge < -0.3 is 4.74 Å². The van der Waals surface area contributed by atoms with Gasteiger partial charge in [0.25, 0.3) is 5.56 Å². The Morgan fingerprint density at radius 2 is 1.74 bits per heavy atom. The van der Waals surface area contributed by atoms with E-state index in [1.807, 2.05) is 61.5 Å². The summed E-state index contributed by atoms with van der Waals surface area (Å²) in [7, 11) is 0. The standard InChI is InChI=1S/C26H21FN2O2/c1-18-25(22-12-5-6-13-24(22)31-17-20-8-3-2-4-9-20)23(26(30)29-28-18)15-14-19-10-7-11-21(27)16-19/h2-16H,17H2,1H3,(H,29,30)/b15-14+. The van der Waals surface area contributed by atoms with E-state index < -0.39 is 0 Å². The predicted octanol–water partition coefficient (Wildman–Crippen LogP) is 5.63. The van der Waals surface area contributed by atoms with Crippen LogP contribution in [0.5, 0.6) is 5.75 Å². The van der Waals surface area contributed by atoms with Crippen molar-refractivity contribution in [2.24, 2.45) is 0 Å². The number of para-hydroxylation sites is 1. The molecule has 0 unspecified atom stereocenters. The fraction of sp³-hybridized carbons (Fsp3) is 0.0769. The second-order valence-electron chi connectivity index (χ2n) is 7.09. The Balaban J connectivity index is 1.75. The molecule has 0 aliphatic heterocycles. The Morgan fingerprint density at radius 3 is 2.55 bits per heavy atom. The van der Waals surface area contributed by atoms with Crippen LogP contribution in [0, 0.1) is 12.7 Å². The van der Waals surface area contributed by atoms with E-state index >= 15 is 0 Å². The third-order valence-corrected chi connectivity index (χ3v) is 4.89. The first-order chi connectivity index (χ1) is 15.1. The van der Waals surface area contributed by atoms with E-state index in [-0.39, 0.29) is 11.4 Å². The average Bonchev–Trinajstić information content (AvgIpc) is 2.79. The van der Waals surface area contributed by atoms with Gasteiger partial charge in [-0.1, -0.05) is 66.7 Å². The van der Waals surface area contributed by atoms with Gasteiger partial charge in [-0.2, -0.15) is 5.10 Å². The zero-order chi connectivity index (χ0) is 21.6. The molecule has 154 valence electrons.